The summed E-state index contributed by atoms with van der Waals surface area (Å²) in [6.45, 7) is 0.580. The van der Waals surface area contributed by atoms with Gasteiger partial charge in [0.25, 0.3) is 0 Å². The van der Waals surface area contributed by atoms with Crippen molar-refractivity contribution in [1.29, 1.82) is 0 Å². The molecule has 0 spiro atoms. The smallest absolute Gasteiger partial charge is 0.141 e. The first-order valence-electron chi connectivity index (χ1n) is 6.03. The van der Waals surface area contributed by atoms with Gasteiger partial charge in [0.05, 0.1) is 6.54 Å². The Morgan fingerprint density at radius 2 is 1.95 bits per heavy atom. The number of hydrogen-bond donors (Lipinski definition) is 1. The van der Waals surface area contributed by atoms with E-state index in [1.54, 1.807) is 24.7 Å². The van der Waals surface area contributed by atoms with Gasteiger partial charge in [0.15, 0.2) is 0 Å². The quantitative estimate of drug-likeness (QED) is 0.778. The van der Waals surface area contributed by atoms with E-state index in [0.29, 0.717) is 12.3 Å². The van der Waals surface area contributed by atoms with Crippen LogP contribution in [0, 0.1) is 0 Å². The Balaban J connectivity index is 1.96. The van der Waals surface area contributed by atoms with Crippen molar-refractivity contribution in [3.63, 3.8) is 0 Å². The van der Waals surface area contributed by atoms with Crippen molar-refractivity contribution >= 4 is 0 Å². The predicted molar refractivity (Wildman–Crippen MR) is 72.7 cm³/mol. The summed E-state index contributed by atoms with van der Waals surface area (Å²) >= 11 is 0. The molecule has 3 rings (SSSR count). The summed E-state index contributed by atoms with van der Waals surface area (Å²) in [6, 6.07) is 11.2. The first kappa shape index (κ1) is 11.5. The van der Waals surface area contributed by atoms with E-state index >= 15 is 0 Å². The van der Waals surface area contributed by atoms with Gasteiger partial charge in [0, 0.05) is 35.9 Å². The van der Waals surface area contributed by atoms with Gasteiger partial charge in [-0.15, -0.1) is 0 Å². The fraction of sp³-hybridized carbons (Fsp3) is 0.0667. The number of nitrogens with zero attached hydrogens (tertiary/aromatic N) is 3. The Morgan fingerprint density at radius 3 is 2.74 bits per heavy atom. The maximum atomic E-state index is 9.82. The maximum absolute atomic E-state index is 9.82. The molecule has 0 aliphatic carbocycles. The van der Waals surface area contributed by atoms with E-state index in [1.165, 1.54) is 0 Å². The highest BCUT2D eigenvalue weighted by atomic mass is 16.3. The van der Waals surface area contributed by atoms with E-state index < -0.39 is 0 Å². The SMILES string of the molecule is Oc1ccccc1Cn1ccnc1-c1cccnc1. The maximum Gasteiger partial charge on any atom is 0.141 e. The number of aromatic nitrogens is 3. The fourth-order valence-corrected chi connectivity index (χ4v) is 2.02. The van der Waals surface area contributed by atoms with Crippen LogP contribution in [0.3, 0.4) is 0 Å². The molecule has 0 radical (unpaired) electrons. The van der Waals surface area contributed by atoms with Crippen LogP contribution in [0.1, 0.15) is 5.56 Å². The molecule has 0 bridgehead atoms. The van der Waals surface area contributed by atoms with Crippen LogP contribution in [-0.2, 0) is 6.54 Å². The lowest BCUT2D eigenvalue weighted by atomic mass is 10.2. The number of phenols is 1. The van der Waals surface area contributed by atoms with Gasteiger partial charge >= 0.3 is 0 Å². The van der Waals surface area contributed by atoms with Gasteiger partial charge in [0.1, 0.15) is 11.6 Å². The molecule has 3 aromatic rings. The highest BCUT2D eigenvalue weighted by Crippen LogP contribution is 2.21. The lowest BCUT2D eigenvalue weighted by molar-refractivity contribution is 0.466. The summed E-state index contributed by atoms with van der Waals surface area (Å²) < 4.78 is 1.99. The molecular formula is C15H13N3O. The van der Waals surface area contributed by atoms with E-state index in [4.69, 9.17) is 0 Å². The van der Waals surface area contributed by atoms with Gasteiger partial charge in [-0.3, -0.25) is 4.98 Å². The van der Waals surface area contributed by atoms with Gasteiger partial charge in [-0.1, -0.05) is 18.2 Å². The summed E-state index contributed by atoms with van der Waals surface area (Å²) in [4.78, 5) is 8.46. The minimum absolute atomic E-state index is 0.299. The van der Waals surface area contributed by atoms with Crippen LogP contribution in [0.15, 0.2) is 61.2 Å². The molecule has 0 unspecified atom stereocenters. The van der Waals surface area contributed by atoms with Crippen molar-refractivity contribution in [2.24, 2.45) is 0 Å². The summed E-state index contributed by atoms with van der Waals surface area (Å²) in [5.41, 5.74) is 1.83. The normalized spacial score (nSPS) is 10.5. The van der Waals surface area contributed by atoms with Crippen molar-refractivity contribution in [3.8, 4) is 17.1 Å². The monoisotopic (exact) mass is 251 g/mol. The third kappa shape index (κ3) is 2.33. The Bertz CT molecular complexity index is 677. The number of phenolic OH excluding ortho intramolecular Hbond substituents is 1. The minimum atomic E-state index is 0.299. The average Bonchev–Trinajstić information content (AvgIpc) is 2.91. The van der Waals surface area contributed by atoms with Gasteiger partial charge in [-0.25, -0.2) is 4.98 Å². The molecule has 0 aliphatic rings. The number of benzene rings is 1. The van der Waals surface area contributed by atoms with Crippen molar-refractivity contribution in [2.45, 2.75) is 6.54 Å². The van der Waals surface area contributed by atoms with E-state index in [-0.39, 0.29) is 0 Å². The summed E-state index contributed by atoms with van der Waals surface area (Å²) in [5, 5.41) is 9.82. The summed E-state index contributed by atoms with van der Waals surface area (Å²) in [7, 11) is 0. The number of rotatable bonds is 3. The van der Waals surface area contributed by atoms with Crippen LogP contribution in [0.4, 0.5) is 0 Å². The minimum Gasteiger partial charge on any atom is -0.508 e. The highest BCUT2D eigenvalue weighted by molar-refractivity contribution is 5.54. The van der Waals surface area contributed by atoms with E-state index in [2.05, 4.69) is 9.97 Å². The lowest BCUT2D eigenvalue weighted by Gasteiger charge is -2.09. The third-order valence-electron chi connectivity index (χ3n) is 2.97. The van der Waals surface area contributed by atoms with E-state index in [1.807, 2.05) is 41.1 Å². The van der Waals surface area contributed by atoms with Crippen molar-refractivity contribution < 1.29 is 5.11 Å². The number of pyridine rings is 1. The standard InChI is InChI=1S/C15H13N3O/c19-14-6-2-1-4-13(14)11-18-9-8-17-15(18)12-5-3-7-16-10-12/h1-10,19H,11H2. The number of para-hydroxylation sites is 1. The molecule has 1 N–H and O–H groups in total. The third-order valence-corrected chi connectivity index (χ3v) is 2.97. The highest BCUT2D eigenvalue weighted by Gasteiger charge is 2.08. The molecule has 0 saturated heterocycles. The number of hydrogen-bond acceptors (Lipinski definition) is 3. The molecule has 0 fully saturated rings. The Labute approximate surface area is 111 Å². The Kier molecular flexibility index (Phi) is 2.98. The second-order valence-electron chi connectivity index (χ2n) is 4.25. The molecule has 0 aliphatic heterocycles. The predicted octanol–water partition coefficient (Wildman–Crippen LogP) is 2.70. The van der Waals surface area contributed by atoms with Crippen LogP contribution < -0.4 is 0 Å². The molecule has 0 atom stereocenters. The topological polar surface area (TPSA) is 50.9 Å². The van der Waals surface area contributed by atoms with Gasteiger partial charge in [-0.2, -0.15) is 0 Å². The molecule has 19 heavy (non-hydrogen) atoms. The second-order valence-corrected chi connectivity index (χ2v) is 4.25. The lowest BCUT2D eigenvalue weighted by Crippen LogP contribution is -2.01. The molecule has 4 nitrogen and oxygen atoms in total. The molecule has 2 aromatic heterocycles. The van der Waals surface area contributed by atoms with Crippen LogP contribution in [0.2, 0.25) is 0 Å². The molecule has 4 heteroatoms. The molecule has 2 heterocycles. The molecule has 1 aromatic carbocycles. The van der Waals surface area contributed by atoms with Crippen LogP contribution in [-0.4, -0.2) is 19.6 Å². The molecular weight excluding hydrogens is 238 g/mol. The van der Waals surface area contributed by atoms with Crippen LogP contribution in [0.25, 0.3) is 11.4 Å². The Morgan fingerprint density at radius 1 is 1.05 bits per heavy atom. The van der Waals surface area contributed by atoms with Gasteiger partial charge in [0.2, 0.25) is 0 Å². The van der Waals surface area contributed by atoms with Crippen molar-refractivity contribution in [1.82, 2.24) is 14.5 Å². The number of imidazole rings is 1. The molecule has 94 valence electrons. The van der Waals surface area contributed by atoms with Gasteiger partial charge in [-0.05, 0) is 18.2 Å². The second kappa shape index (κ2) is 4.94. The average molecular weight is 251 g/mol. The van der Waals surface area contributed by atoms with Crippen molar-refractivity contribution in [2.75, 3.05) is 0 Å². The Hall–Kier alpha value is -2.62. The zero-order valence-electron chi connectivity index (χ0n) is 10.3. The fourth-order valence-electron chi connectivity index (χ4n) is 2.02. The van der Waals surface area contributed by atoms with Crippen LogP contribution >= 0.6 is 0 Å². The molecule has 0 amide bonds. The summed E-state index contributed by atoms with van der Waals surface area (Å²) in [5.74, 6) is 1.14. The molecule has 0 saturated carbocycles. The number of aromatic hydroxyl groups is 1. The zero-order chi connectivity index (χ0) is 13.1. The van der Waals surface area contributed by atoms with Crippen LogP contribution in [0.5, 0.6) is 5.75 Å². The van der Waals surface area contributed by atoms with Crippen molar-refractivity contribution in [3.05, 3.63) is 66.7 Å². The zero-order valence-corrected chi connectivity index (χ0v) is 10.3. The van der Waals surface area contributed by atoms with Gasteiger partial charge < -0.3 is 9.67 Å². The van der Waals surface area contributed by atoms with E-state index in [9.17, 15) is 5.11 Å². The largest absolute Gasteiger partial charge is 0.508 e. The van der Waals surface area contributed by atoms with E-state index in [0.717, 1.165) is 17.0 Å². The first-order valence-corrected chi connectivity index (χ1v) is 6.03. The summed E-state index contributed by atoms with van der Waals surface area (Å²) in [6.07, 6.45) is 7.17. The first-order chi connectivity index (χ1) is 9.34.